The first-order chi connectivity index (χ1) is 6.11. The third kappa shape index (κ3) is 5.45. The molecule has 76 valence electrons. The lowest BCUT2D eigenvalue weighted by Crippen LogP contribution is -2.09. The van der Waals surface area contributed by atoms with E-state index in [2.05, 4.69) is 38.9 Å². The van der Waals surface area contributed by atoms with E-state index >= 15 is 0 Å². The quantitative estimate of drug-likeness (QED) is 0.364. The van der Waals surface area contributed by atoms with E-state index < -0.39 is 0 Å². The molecule has 0 radical (unpaired) electrons. The zero-order valence-electron chi connectivity index (χ0n) is 9.42. The van der Waals surface area contributed by atoms with Crippen molar-refractivity contribution in [3.05, 3.63) is 11.6 Å². The van der Waals surface area contributed by atoms with Gasteiger partial charge in [0, 0.05) is 5.92 Å². The van der Waals surface area contributed by atoms with Gasteiger partial charge in [-0.15, -0.1) is 0 Å². The van der Waals surface area contributed by atoms with E-state index in [0.717, 1.165) is 18.6 Å². The minimum atomic E-state index is 0.486. The Kier molecular flexibility index (Phi) is 6.29. The fraction of sp³-hybridized carbons (Fsp3) is 0.727. The van der Waals surface area contributed by atoms with Gasteiger partial charge in [0.25, 0.3) is 0 Å². The predicted molar refractivity (Wildman–Crippen MR) is 57.9 cm³/mol. The average Bonchev–Trinajstić information content (AvgIpc) is 2.10. The molecule has 0 saturated heterocycles. The Morgan fingerprint density at radius 2 is 2.08 bits per heavy atom. The molecule has 0 aromatic heterocycles. The first-order valence-corrected chi connectivity index (χ1v) is 4.85. The van der Waals surface area contributed by atoms with E-state index in [1.165, 1.54) is 5.57 Å². The molecule has 0 aromatic rings. The maximum Gasteiger partial charge on any atom is 0.106 e. The van der Waals surface area contributed by atoms with Crippen LogP contribution in [0.1, 0.15) is 40.5 Å². The summed E-state index contributed by atoms with van der Waals surface area (Å²) in [5.41, 5.74) is 2.50. The van der Waals surface area contributed by atoms with Crippen LogP contribution >= 0.6 is 0 Å². The zero-order chi connectivity index (χ0) is 10.3. The fourth-order valence-corrected chi connectivity index (χ4v) is 1.17. The highest BCUT2D eigenvalue weighted by molar-refractivity contribution is 5.85. The molecule has 2 nitrogen and oxygen atoms in total. The first kappa shape index (κ1) is 12.2. The van der Waals surface area contributed by atoms with Crippen molar-refractivity contribution in [3.63, 3.8) is 0 Å². The van der Waals surface area contributed by atoms with Gasteiger partial charge in [0.15, 0.2) is 0 Å². The van der Waals surface area contributed by atoms with Crippen molar-refractivity contribution in [2.45, 2.75) is 40.5 Å². The number of allylic oxidation sites excluding steroid dienone is 2. The Morgan fingerprint density at radius 1 is 1.46 bits per heavy atom. The van der Waals surface area contributed by atoms with Crippen LogP contribution in [0.15, 0.2) is 16.8 Å². The number of hydrogen-bond acceptors (Lipinski definition) is 2. The minimum Gasteiger partial charge on any atom is -0.399 e. The molecule has 2 heteroatoms. The van der Waals surface area contributed by atoms with Gasteiger partial charge in [-0.05, 0) is 26.7 Å². The molecule has 0 heterocycles. The van der Waals surface area contributed by atoms with Gasteiger partial charge in [0.05, 0.1) is 5.71 Å². The maximum atomic E-state index is 4.79. The molecule has 0 aromatic carbocycles. The summed E-state index contributed by atoms with van der Waals surface area (Å²) in [5, 5.41) is 4.01. The van der Waals surface area contributed by atoms with Crippen molar-refractivity contribution < 1.29 is 4.84 Å². The van der Waals surface area contributed by atoms with Gasteiger partial charge in [-0.1, -0.05) is 30.7 Å². The Balaban J connectivity index is 4.14. The summed E-state index contributed by atoms with van der Waals surface area (Å²) in [6.07, 6.45) is 4.26. The molecule has 1 unspecified atom stereocenters. The molecule has 0 N–H and O–H groups in total. The second kappa shape index (κ2) is 6.70. The molecule has 0 rings (SSSR count). The average molecular weight is 183 g/mol. The van der Waals surface area contributed by atoms with Crippen molar-refractivity contribution in [3.8, 4) is 0 Å². The summed E-state index contributed by atoms with van der Waals surface area (Å²) in [4.78, 5) is 4.79. The smallest absolute Gasteiger partial charge is 0.106 e. The van der Waals surface area contributed by atoms with E-state index in [4.69, 9.17) is 4.84 Å². The molecule has 0 aliphatic rings. The maximum absolute atomic E-state index is 4.79. The largest absolute Gasteiger partial charge is 0.399 e. The number of rotatable bonds is 5. The summed E-state index contributed by atoms with van der Waals surface area (Å²) in [7, 11) is 1.60. The first-order valence-electron chi connectivity index (χ1n) is 4.85. The lowest BCUT2D eigenvalue weighted by Gasteiger charge is -2.10. The fourth-order valence-electron chi connectivity index (χ4n) is 1.17. The zero-order valence-corrected chi connectivity index (χ0v) is 9.42. The van der Waals surface area contributed by atoms with Crippen LogP contribution in [0.3, 0.4) is 0 Å². The van der Waals surface area contributed by atoms with E-state index in [-0.39, 0.29) is 0 Å². The summed E-state index contributed by atoms with van der Waals surface area (Å²) in [5.74, 6) is 0.486. The third-order valence-electron chi connectivity index (χ3n) is 2.02. The molecule has 0 bridgehead atoms. The highest BCUT2D eigenvalue weighted by atomic mass is 16.6. The van der Waals surface area contributed by atoms with Gasteiger partial charge >= 0.3 is 0 Å². The third-order valence-corrected chi connectivity index (χ3v) is 2.02. The number of oxime groups is 1. The van der Waals surface area contributed by atoms with Crippen molar-refractivity contribution in [1.82, 2.24) is 0 Å². The lowest BCUT2D eigenvalue weighted by molar-refractivity contribution is 0.210. The summed E-state index contributed by atoms with van der Waals surface area (Å²) in [6, 6.07) is 0. The molecular weight excluding hydrogens is 162 g/mol. The second-order valence-corrected chi connectivity index (χ2v) is 3.54. The Hall–Kier alpha value is -0.790. The Labute approximate surface area is 81.7 Å². The van der Waals surface area contributed by atoms with E-state index in [0.29, 0.717) is 5.92 Å². The van der Waals surface area contributed by atoms with Crippen molar-refractivity contribution >= 4 is 5.71 Å². The van der Waals surface area contributed by atoms with Gasteiger partial charge < -0.3 is 4.84 Å². The molecule has 0 amide bonds. The minimum absolute atomic E-state index is 0.486. The van der Waals surface area contributed by atoms with Crippen LogP contribution in [0, 0.1) is 5.92 Å². The molecule has 0 aliphatic carbocycles. The molecule has 0 aliphatic heterocycles. The molecule has 0 fully saturated rings. The summed E-state index contributed by atoms with van der Waals surface area (Å²) in [6.45, 7) is 8.52. The van der Waals surface area contributed by atoms with Crippen LogP contribution in [0.4, 0.5) is 0 Å². The molecule has 0 spiro atoms. The van der Waals surface area contributed by atoms with Gasteiger partial charge in [0.1, 0.15) is 7.11 Å². The Bertz CT molecular complexity index is 190. The topological polar surface area (TPSA) is 21.6 Å². The second-order valence-electron chi connectivity index (χ2n) is 3.54. The normalized spacial score (nSPS) is 13.8. The summed E-state index contributed by atoms with van der Waals surface area (Å²) < 4.78 is 0. The monoisotopic (exact) mass is 183 g/mol. The van der Waals surface area contributed by atoms with Gasteiger partial charge in [-0.25, -0.2) is 0 Å². The lowest BCUT2D eigenvalue weighted by atomic mass is 9.99. The van der Waals surface area contributed by atoms with Crippen LogP contribution in [0.5, 0.6) is 0 Å². The van der Waals surface area contributed by atoms with Crippen LogP contribution in [0.25, 0.3) is 0 Å². The van der Waals surface area contributed by atoms with Crippen LogP contribution < -0.4 is 0 Å². The van der Waals surface area contributed by atoms with Crippen molar-refractivity contribution in [2.24, 2.45) is 11.1 Å². The molecular formula is C11H21NO. The van der Waals surface area contributed by atoms with Gasteiger partial charge in [-0.2, -0.15) is 0 Å². The molecule has 0 saturated carbocycles. The van der Waals surface area contributed by atoms with Crippen molar-refractivity contribution in [2.75, 3.05) is 7.11 Å². The van der Waals surface area contributed by atoms with Gasteiger partial charge in [0.2, 0.25) is 0 Å². The van der Waals surface area contributed by atoms with E-state index in [1.54, 1.807) is 7.11 Å². The van der Waals surface area contributed by atoms with Crippen molar-refractivity contribution in [1.29, 1.82) is 0 Å². The van der Waals surface area contributed by atoms with E-state index in [1.807, 2.05) is 0 Å². The van der Waals surface area contributed by atoms with E-state index in [9.17, 15) is 0 Å². The summed E-state index contributed by atoms with van der Waals surface area (Å²) >= 11 is 0. The predicted octanol–water partition coefficient (Wildman–Crippen LogP) is 3.39. The molecule has 13 heavy (non-hydrogen) atoms. The molecule has 1 atom stereocenters. The van der Waals surface area contributed by atoms with Gasteiger partial charge in [-0.3, -0.25) is 0 Å². The number of hydrogen-bond donors (Lipinski definition) is 0. The highest BCUT2D eigenvalue weighted by Gasteiger charge is 2.07. The SMILES string of the molecule is CC/C(=N\OC)C(C)CC=C(C)C. The Morgan fingerprint density at radius 3 is 2.46 bits per heavy atom. The van der Waals surface area contributed by atoms with Crippen LogP contribution in [-0.4, -0.2) is 12.8 Å². The number of nitrogens with zero attached hydrogens (tertiary/aromatic N) is 1. The highest BCUT2D eigenvalue weighted by Crippen LogP contribution is 2.10. The standard InChI is InChI=1S/C11H21NO/c1-6-11(12-13-5)10(4)8-7-9(2)3/h7,10H,6,8H2,1-5H3/b12-11+. The van der Waals surface area contributed by atoms with Crippen LogP contribution in [0.2, 0.25) is 0 Å². The van der Waals surface area contributed by atoms with Crippen LogP contribution in [-0.2, 0) is 4.84 Å².